The molecule has 8 nitrogen and oxygen atoms in total. The molecule has 162 valence electrons. The predicted molar refractivity (Wildman–Crippen MR) is 118 cm³/mol. The van der Waals surface area contributed by atoms with Crippen LogP contribution in [-0.2, 0) is 18.4 Å². The van der Waals surface area contributed by atoms with Crippen LogP contribution in [0, 0.1) is 12.7 Å². The fourth-order valence-electron chi connectivity index (χ4n) is 3.36. The van der Waals surface area contributed by atoms with E-state index in [1.54, 1.807) is 30.8 Å². The molecule has 0 saturated heterocycles. The summed E-state index contributed by atoms with van der Waals surface area (Å²) >= 11 is 0. The molecule has 0 radical (unpaired) electrons. The third kappa shape index (κ3) is 4.00. The van der Waals surface area contributed by atoms with Crippen LogP contribution in [0.4, 0.5) is 10.1 Å². The van der Waals surface area contributed by atoms with Crippen molar-refractivity contribution in [1.29, 1.82) is 0 Å². The molecule has 4 rings (SSSR count). The van der Waals surface area contributed by atoms with Crippen molar-refractivity contribution in [3.8, 4) is 16.9 Å². The van der Waals surface area contributed by atoms with Crippen molar-refractivity contribution in [2.75, 3.05) is 5.32 Å². The topological polar surface area (TPSA) is 90.9 Å². The highest BCUT2D eigenvalue weighted by molar-refractivity contribution is 5.91. The van der Waals surface area contributed by atoms with Crippen molar-refractivity contribution in [3.63, 3.8) is 0 Å². The van der Waals surface area contributed by atoms with E-state index in [2.05, 4.69) is 10.4 Å². The summed E-state index contributed by atoms with van der Waals surface area (Å²) in [6, 6.07) is 17.5. The number of aromatic nitrogens is 4. The average Bonchev–Trinajstić information content (AvgIpc) is 2.99. The molecule has 2 aromatic heterocycles. The van der Waals surface area contributed by atoms with Gasteiger partial charge in [0.2, 0.25) is 5.91 Å². The lowest BCUT2D eigenvalue weighted by Crippen LogP contribution is -2.30. The van der Waals surface area contributed by atoms with Gasteiger partial charge < -0.3 is 5.32 Å². The largest absolute Gasteiger partial charge is 0.318 e. The number of anilines is 1. The number of nitrogens with zero attached hydrogens (tertiary/aromatic N) is 4. The Kier molecular flexibility index (Phi) is 5.55. The van der Waals surface area contributed by atoms with E-state index in [0.29, 0.717) is 22.6 Å². The maximum absolute atomic E-state index is 13.2. The van der Waals surface area contributed by atoms with Crippen LogP contribution < -0.4 is 16.4 Å². The Hall–Kier alpha value is -4.27. The lowest BCUT2D eigenvalue weighted by atomic mass is 10.1. The second-order valence-electron chi connectivity index (χ2n) is 7.21. The zero-order valence-electron chi connectivity index (χ0n) is 17.4. The quantitative estimate of drug-likeness (QED) is 0.524. The lowest BCUT2D eigenvalue weighted by molar-refractivity contribution is -0.117. The zero-order valence-corrected chi connectivity index (χ0v) is 17.4. The van der Waals surface area contributed by atoms with Crippen molar-refractivity contribution >= 4 is 11.6 Å². The van der Waals surface area contributed by atoms with Gasteiger partial charge in [-0.2, -0.15) is 5.10 Å². The van der Waals surface area contributed by atoms with E-state index in [1.165, 1.54) is 41.1 Å². The molecule has 0 atom stereocenters. The molecular formula is C23H20FN5O3. The maximum Gasteiger partial charge on any atom is 0.295 e. The summed E-state index contributed by atoms with van der Waals surface area (Å²) in [6.45, 7) is 1.34. The molecule has 1 N–H and O–H groups in total. The van der Waals surface area contributed by atoms with Crippen LogP contribution in [0.5, 0.6) is 0 Å². The molecule has 0 fully saturated rings. The molecule has 32 heavy (non-hydrogen) atoms. The molecule has 0 spiro atoms. The minimum Gasteiger partial charge on any atom is -0.318 e. The van der Waals surface area contributed by atoms with Crippen LogP contribution in [0.1, 0.15) is 5.69 Å². The van der Waals surface area contributed by atoms with Gasteiger partial charge in [0.25, 0.3) is 11.1 Å². The molecule has 9 heteroatoms. The second kappa shape index (κ2) is 8.46. The van der Waals surface area contributed by atoms with E-state index in [9.17, 15) is 18.8 Å². The SMILES string of the molecule is Cc1c(NC(=O)Cn2nc(-c3ccc(F)cc3)ccc2=O)c(=O)n(-c2ccccc2)n1C. The molecule has 0 unspecified atom stereocenters. The van der Waals surface area contributed by atoms with Gasteiger partial charge in [-0.05, 0) is 49.4 Å². The zero-order chi connectivity index (χ0) is 22.8. The fourth-order valence-corrected chi connectivity index (χ4v) is 3.36. The van der Waals surface area contributed by atoms with Crippen LogP contribution in [0.2, 0.25) is 0 Å². The minimum absolute atomic E-state index is 0.129. The standard InChI is InChI=1S/C23H20FN5O3/c1-15-22(23(32)29(27(15)2)18-6-4-3-5-7-18)25-20(30)14-28-21(31)13-12-19(26-28)16-8-10-17(24)11-9-16/h3-13H,14H2,1-2H3,(H,25,30). The minimum atomic E-state index is -0.568. The smallest absolute Gasteiger partial charge is 0.295 e. The predicted octanol–water partition coefficient (Wildman–Crippen LogP) is 2.49. The molecule has 0 aliphatic heterocycles. The number of amides is 1. The molecule has 2 aromatic carbocycles. The van der Waals surface area contributed by atoms with Gasteiger partial charge in [0, 0.05) is 18.7 Å². The number of hydrogen-bond acceptors (Lipinski definition) is 4. The van der Waals surface area contributed by atoms with Gasteiger partial charge in [-0.15, -0.1) is 0 Å². The fraction of sp³-hybridized carbons (Fsp3) is 0.130. The van der Waals surface area contributed by atoms with E-state index in [4.69, 9.17) is 0 Å². The third-order valence-corrected chi connectivity index (χ3v) is 5.12. The first-order valence-corrected chi connectivity index (χ1v) is 9.83. The van der Waals surface area contributed by atoms with Gasteiger partial charge in [0.15, 0.2) is 0 Å². The van der Waals surface area contributed by atoms with E-state index >= 15 is 0 Å². The first kappa shape index (κ1) is 21.0. The number of benzene rings is 2. The van der Waals surface area contributed by atoms with Gasteiger partial charge in [-0.25, -0.2) is 13.8 Å². The molecule has 4 aromatic rings. The van der Waals surface area contributed by atoms with Crippen molar-refractivity contribution in [3.05, 3.63) is 98.9 Å². The first-order chi connectivity index (χ1) is 15.3. The Bertz CT molecular complexity index is 1400. The molecule has 0 bridgehead atoms. The molecular weight excluding hydrogens is 413 g/mol. The van der Waals surface area contributed by atoms with Crippen LogP contribution in [-0.4, -0.2) is 25.1 Å². The highest BCUT2D eigenvalue weighted by Crippen LogP contribution is 2.16. The Morgan fingerprint density at radius 2 is 1.69 bits per heavy atom. The van der Waals surface area contributed by atoms with Crippen molar-refractivity contribution in [2.24, 2.45) is 7.05 Å². The van der Waals surface area contributed by atoms with E-state index in [1.807, 2.05) is 18.2 Å². The summed E-state index contributed by atoms with van der Waals surface area (Å²) in [5.41, 5.74) is 1.51. The molecule has 0 aliphatic carbocycles. The molecule has 1 amide bonds. The van der Waals surface area contributed by atoms with Gasteiger partial charge in [0.1, 0.15) is 18.0 Å². The van der Waals surface area contributed by atoms with Crippen LogP contribution in [0.3, 0.4) is 0 Å². The first-order valence-electron chi connectivity index (χ1n) is 9.83. The van der Waals surface area contributed by atoms with Crippen LogP contribution >= 0.6 is 0 Å². The monoisotopic (exact) mass is 433 g/mol. The molecule has 2 heterocycles. The molecule has 0 saturated carbocycles. The van der Waals surface area contributed by atoms with Gasteiger partial charge >= 0.3 is 0 Å². The number of nitrogens with one attached hydrogen (secondary N) is 1. The average molecular weight is 433 g/mol. The summed E-state index contributed by atoms with van der Waals surface area (Å²) in [7, 11) is 1.72. The second-order valence-corrected chi connectivity index (χ2v) is 7.21. The summed E-state index contributed by atoms with van der Waals surface area (Å²) < 4.78 is 17.3. The van der Waals surface area contributed by atoms with Crippen molar-refractivity contribution in [2.45, 2.75) is 13.5 Å². The normalized spacial score (nSPS) is 10.8. The Morgan fingerprint density at radius 3 is 2.38 bits per heavy atom. The Morgan fingerprint density at radius 1 is 1.00 bits per heavy atom. The van der Waals surface area contributed by atoms with Crippen molar-refractivity contribution < 1.29 is 9.18 Å². The van der Waals surface area contributed by atoms with Gasteiger partial charge in [-0.3, -0.25) is 19.1 Å². The third-order valence-electron chi connectivity index (χ3n) is 5.12. The summed E-state index contributed by atoms with van der Waals surface area (Å²) in [6.07, 6.45) is 0. The number of hydrogen-bond donors (Lipinski definition) is 1. The number of para-hydroxylation sites is 1. The number of carbonyl (C=O) groups is 1. The molecule has 0 aliphatic rings. The summed E-state index contributed by atoms with van der Waals surface area (Å²) in [5.74, 6) is -0.956. The van der Waals surface area contributed by atoms with Crippen LogP contribution in [0.25, 0.3) is 16.9 Å². The number of halogens is 1. The maximum atomic E-state index is 13.2. The highest BCUT2D eigenvalue weighted by atomic mass is 19.1. The van der Waals surface area contributed by atoms with Gasteiger partial charge in [-0.1, -0.05) is 18.2 Å². The summed E-state index contributed by atoms with van der Waals surface area (Å²) in [5, 5.41) is 6.81. The number of rotatable bonds is 5. The van der Waals surface area contributed by atoms with E-state index in [0.717, 1.165) is 4.68 Å². The Balaban J connectivity index is 1.60. The lowest BCUT2D eigenvalue weighted by Gasteiger charge is -2.08. The van der Waals surface area contributed by atoms with Crippen molar-refractivity contribution in [1.82, 2.24) is 19.1 Å². The number of carbonyl (C=O) groups excluding carboxylic acids is 1. The van der Waals surface area contributed by atoms with E-state index in [-0.39, 0.29) is 23.6 Å². The highest BCUT2D eigenvalue weighted by Gasteiger charge is 2.18. The van der Waals surface area contributed by atoms with Gasteiger partial charge in [0.05, 0.1) is 17.1 Å². The summed E-state index contributed by atoms with van der Waals surface area (Å²) in [4.78, 5) is 37.8. The van der Waals surface area contributed by atoms with Crippen LogP contribution in [0.15, 0.2) is 76.3 Å². The Labute approximate surface area is 182 Å². The van der Waals surface area contributed by atoms with E-state index < -0.39 is 11.5 Å².